The molecule has 0 spiro atoms. The summed E-state index contributed by atoms with van der Waals surface area (Å²) in [6.07, 6.45) is 8.88. The van der Waals surface area contributed by atoms with Crippen LogP contribution in [0, 0.1) is 17.8 Å². The van der Waals surface area contributed by atoms with Gasteiger partial charge in [0.2, 0.25) is 0 Å². The van der Waals surface area contributed by atoms with E-state index in [2.05, 4.69) is 38.6 Å². The number of fused-ring (bicyclic) bond motifs is 2. The van der Waals surface area contributed by atoms with Crippen LogP contribution in [0.25, 0.3) is 0 Å². The maximum Gasteiger partial charge on any atom is 0.272 e. The normalized spacial score (nSPS) is 28.2. The second kappa shape index (κ2) is 5.29. The molecule has 0 saturated heterocycles. The molecule has 0 heterocycles. The van der Waals surface area contributed by atoms with Gasteiger partial charge in [0, 0.05) is 16.6 Å². The number of nitrogens with one attached hydrogen (secondary N) is 1. The highest BCUT2D eigenvalue weighted by atomic mass is 79.9. The number of allylic oxidation sites excluding steroid dienone is 2. The molecule has 1 saturated carbocycles. The second-order valence-electron chi connectivity index (χ2n) is 5.14. The van der Waals surface area contributed by atoms with Crippen molar-refractivity contribution in [2.75, 3.05) is 0 Å². The van der Waals surface area contributed by atoms with Crippen LogP contribution < -0.4 is 5.43 Å². The highest BCUT2D eigenvalue weighted by Gasteiger charge is 2.34. The number of carbonyl (C=O) groups excluding carboxylic acids is 1. The van der Waals surface area contributed by atoms with Crippen molar-refractivity contribution >= 4 is 28.1 Å². The molecule has 2 aliphatic rings. The van der Waals surface area contributed by atoms with Crippen molar-refractivity contribution in [2.45, 2.75) is 12.8 Å². The summed E-state index contributed by atoms with van der Waals surface area (Å²) in [4.78, 5) is 11.9. The topological polar surface area (TPSA) is 41.5 Å². The lowest BCUT2D eigenvalue weighted by atomic mass is 9.95. The van der Waals surface area contributed by atoms with Crippen LogP contribution in [0.15, 0.2) is 46.0 Å². The Hall–Kier alpha value is -1.42. The molecule has 1 fully saturated rings. The molecule has 3 nitrogen and oxygen atoms in total. The van der Waals surface area contributed by atoms with Crippen molar-refractivity contribution in [3.63, 3.8) is 0 Å². The van der Waals surface area contributed by atoms with Gasteiger partial charge >= 0.3 is 0 Å². The summed E-state index contributed by atoms with van der Waals surface area (Å²) in [7, 11) is 0. The number of nitrogens with zero attached hydrogens (tertiary/aromatic N) is 1. The summed E-state index contributed by atoms with van der Waals surface area (Å²) < 4.78 is 0.783. The zero-order chi connectivity index (χ0) is 13.2. The van der Waals surface area contributed by atoms with Crippen molar-refractivity contribution in [3.05, 3.63) is 46.5 Å². The Bertz CT molecular complexity index is 553. The van der Waals surface area contributed by atoms with E-state index in [-0.39, 0.29) is 5.91 Å². The van der Waals surface area contributed by atoms with Gasteiger partial charge in [0.1, 0.15) is 0 Å². The van der Waals surface area contributed by atoms with Crippen LogP contribution in [0.3, 0.4) is 0 Å². The zero-order valence-electron chi connectivity index (χ0n) is 10.4. The first-order valence-electron chi connectivity index (χ1n) is 6.50. The molecule has 1 N–H and O–H groups in total. The molecule has 1 amide bonds. The second-order valence-corrected chi connectivity index (χ2v) is 6.00. The lowest BCUT2D eigenvalue weighted by molar-refractivity contribution is 0.0954. The average Bonchev–Trinajstić information content (AvgIpc) is 3.01. The van der Waals surface area contributed by atoms with E-state index in [1.165, 1.54) is 6.42 Å². The van der Waals surface area contributed by atoms with Gasteiger partial charge in [-0.25, -0.2) is 5.43 Å². The highest BCUT2D eigenvalue weighted by molar-refractivity contribution is 9.10. The predicted octanol–water partition coefficient (Wildman–Crippen LogP) is 3.38. The molecule has 1 aromatic rings. The van der Waals surface area contributed by atoms with Crippen molar-refractivity contribution in [1.82, 2.24) is 5.43 Å². The molecule has 0 aliphatic heterocycles. The Kier molecular flexibility index (Phi) is 3.51. The van der Waals surface area contributed by atoms with Crippen LogP contribution in [-0.4, -0.2) is 12.1 Å². The smallest absolute Gasteiger partial charge is 0.267 e. The van der Waals surface area contributed by atoms with Gasteiger partial charge in [0.15, 0.2) is 0 Å². The first kappa shape index (κ1) is 12.6. The molecule has 2 bridgehead atoms. The Labute approximate surface area is 120 Å². The molecule has 1 aromatic carbocycles. The molecule has 19 heavy (non-hydrogen) atoms. The standard InChI is InChI=1S/C15H15BrN2O/c16-14-4-2-1-3-13(14)15(19)18-17-9-12-8-10-5-6-11(12)7-10/h1-6,9-12H,7-8H2,(H,18,19)/b17-9-/t10-,11+,12-/m0/s1. The lowest BCUT2D eigenvalue weighted by Gasteiger charge is -2.12. The van der Waals surface area contributed by atoms with Gasteiger partial charge in [-0.15, -0.1) is 0 Å². The maximum atomic E-state index is 11.9. The van der Waals surface area contributed by atoms with E-state index in [4.69, 9.17) is 0 Å². The quantitative estimate of drug-likeness (QED) is 0.518. The van der Waals surface area contributed by atoms with E-state index in [1.807, 2.05) is 24.4 Å². The van der Waals surface area contributed by atoms with Gasteiger partial charge in [0.05, 0.1) is 5.56 Å². The van der Waals surface area contributed by atoms with E-state index >= 15 is 0 Å². The Morgan fingerprint density at radius 1 is 1.32 bits per heavy atom. The van der Waals surface area contributed by atoms with E-state index in [9.17, 15) is 4.79 Å². The minimum Gasteiger partial charge on any atom is -0.267 e. The van der Waals surface area contributed by atoms with E-state index in [0.717, 1.165) is 16.8 Å². The van der Waals surface area contributed by atoms with Gasteiger partial charge in [-0.1, -0.05) is 24.3 Å². The SMILES string of the molecule is O=C(N/N=C\[C@@H]1C[C@H]2C=C[C@@H]1C2)c1ccccc1Br. The number of hydrogen-bond acceptors (Lipinski definition) is 2. The number of amides is 1. The van der Waals surface area contributed by atoms with Gasteiger partial charge < -0.3 is 0 Å². The summed E-state index contributed by atoms with van der Waals surface area (Å²) in [6, 6.07) is 7.34. The van der Waals surface area contributed by atoms with Crippen molar-refractivity contribution in [2.24, 2.45) is 22.9 Å². The number of benzene rings is 1. The third kappa shape index (κ3) is 2.63. The number of rotatable bonds is 3. The van der Waals surface area contributed by atoms with E-state index < -0.39 is 0 Å². The molecule has 3 atom stereocenters. The Morgan fingerprint density at radius 2 is 2.16 bits per heavy atom. The van der Waals surface area contributed by atoms with Crippen LogP contribution in [0.5, 0.6) is 0 Å². The maximum absolute atomic E-state index is 11.9. The molecule has 2 aliphatic carbocycles. The number of hydrogen-bond donors (Lipinski definition) is 1. The van der Waals surface area contributed by atoms with E-state index in [1.54, 1.807) is 6.07 Å². The molecule has 0 unspecified atom stereocenters. The number of halogens is 1. The Morgan fingerprint density at radius 3 is 2.84 bits per heavy atom. The van der Waals surface area contributed by atoms with Crippen LogP contribution >= 0.6 is 15.9 Å². The summed E-state index contributed by atoms with van der Waals surface area (Å²) in [5, 5.41) is 4.11. The third-order valence-corrected chi connectivity index (χ3v) is 4.57. The number of carbonyl (C=O) groups is 1. The molecule has 4 heteroatoms. The summed E-state index contributed by atoms with van der Waals surface area (Å²) in [6.45, 7) is 0. The molecule has 3 rings (SSSR count). The first-order valence-corrected chi connectivity index (χ1v) is 7.29. The van der Waals surface area contributed by atoms with Crippen LogP contribution in [-0.2, 0) is 0 Å². The first-order chi connectivity index (χ1) is 9.24. The largest absolute Gasteiger partial charge is 0.272 e. The highest BCUT2D eigenvalue weighted by Crippen LogP contribution is 2.42. The lowest BCUT2D eigenvalue weighted by Crippen LogP contribution is -2.19. The minimum atomic E-state index is -0.178. The van der Waals surface area contributed by atoms with Gasteiger partial charge in [-0.3, -0.25) is 4.79 Å². The summed E-state index contributed by atoms with van der Waals surface area (Å²) in [5.74, 6) is 1.64. The third-order valence-electron chi connectivity index (χ3n) is 3.88. The molecule has 0 radical (unpaired) electrons. The average molecular weight is 319 g/mol. The Balaban J connectivity index is 1.59. The fourth-order valence-electron chi connectivity index (χ4n) is 2.89. The van der Waals surface area contributed by atoms with Gasteiger partial charge in [-0.2, -0.15) is 5.10 Å². The monoisotopic (exact) mass is 318 g/mol. The van der Waals surface area contributed by atoms with Crippen molar-refractivity contribution in [3.8, 4) is 0 Å². The van der Waals surface area contributed by atoms with Crippen LogP contribution in [0.4, 0.5) is 0 Å². The molecule has 0 aromatic heterocycles. The fraction of sp³-hybridized carbons (Fsp3) is 0.333. The van der Waals surface area contributed by atoms with Crippen LogP contribution in [0.2, 0.25) is 0 Å². The van der Waals surface area contributed by atoms with Gasteiger partial charge in [-0.05, 0) is 52.7 Å². The minimum absolute atomic E-state index is 0.178. The summed E-state index contributed by atoms with van der Waals surface area (Å²) in [5.41, 5.74) is 3.21. The van der Waals surface area contributed by atoms with Crippen LogP contribution in [0.1, 0.15) is 23.2 Å². The zero-order valence-corrected chi connectivity index (χ0v) is 12.0. The van der Waals surface area contributed by atoms with Crippen molar-refractivity contribution < 1.29 is 4.79 Å². The number of hydrazone groups is 1. The predicted molar refractivity (Wildman–Crippen MR) is 78.9 cm³/mol. The fourth-order valence-corrected chi connectivity index (χ4v) is 3.36. The van der Waals surface area contributed by atoms with Crippen molar-refractivity contribution in [1.29, 1.82) is 0 Å². The summed E-state index contributed by atoms with van der Waals surface area (Å²) >= 11 is 3.36. The van der Waals surface area contributed by atoms with E-state index in [0.29, 0.717) is 17.4 Å². The molecular weight excluding hydrogens is 304 g/mol. The van der Waals surface area contributed by atoms with Gasteiger partial charge in [0.25, 0.3) is 5.91 Å². The molecule has 98 valence electrons. The molecular formula is C15H15BrN2O.